The molecule has 9 heavy (non-hydrogen) atoms. The van der Waals surface area contributed by atoms with E-state index in [9.17, 15) is 0 Å². The van der Waals surface area contributed by atoms with Crippen LogP contribution in [0, 0.1) is 5.92 Å². The Morgan fingerprint density at radius 2 is 2.44 bits per heavy atom. The summed E-state index contributed by atoms with van der Waals surface area (Å²) in [6.07, 6.45) is 1.15. The first kappa shape index (κ1) is 7.42. The summed E-state index contributed by atoms with van der Waals surface area (Å²) in [5.41, 5.74) is 0.487. The number of rotatable bonds is 1. The van der Waals surface area contributed by atoms with Crippen molar-refractivity contribution in [1.29, 1.82) is 0 Å². The van der Waals surface area contributed by atoms with Gasteiger partial charge in [0.05, 0.1) is 6.61 Å². The molecule has 1 aliphatic rings. The van der Waals surface area contributed by atoms with Crippen molar-refractivity contribution < 1.29 is 4.74 Å². The van der Waals surface area contributed by atoms with Gasteiger partial charge in [-0.1, -0.05) is 13.8 Å². The fourth-order valence-corrected chi connectivity index (χ4v) is 1.93. The summed E-state index contributed by atoms with van der Waals surface area (Å²) >= 11 is 1.95. The zero-order chi connectivity index (χ0) is 6.69. The highest BCUT2D eigenvalue weighted by Crippen LogP contribution is 2.24. The summed E-state index contributed by atoms with van der Waals surface area (Å²) in [5.74, 6) is 2.04. The second-order valence-corrected chi connectivity index (χ2v) is 3.80. The van der Waals surface area contributed by atoms with Crippen LogP contribution in [-0.2, 0) is 4.74 Å². The average molecular weight is 146 g/mol. The average Bonchev–Trinajstić information content (AvgIpc) is 1.90. The van der Waals surface area contributed by atoms with Gasteiger partial charge < -0.3 is 4.74 Å². The summed E-state index contributed by atoms with van der Waals surface area (Å²) in [6, 6.07) is 0. The van der Waals surface area contributed by atoms with Crippen molar-refractivity contribution in [2.24, 2.45) is 5.92 Å². The van der Waals surface area contributed by atoms with E-state index >= 15 is 0 Å². The molecule has 0 aliphatic carbocycles. The predicted octanol–water partition coefficient (Wildman–Crippen LogP) is 2.12. The highest BCUT2D eigenvalue weighted by molar-refractivity contribution is 7.99. The van der Waals surface area contributed by atoms with E-state index in [2.05, 4.69) is 13.8 Å². The maximum absolute atomic E-state index is 5.50. The topological polar surface area (TPSA) is 9.23 Å². The quantitative estimate of drug-likeness (QED) is 0.560. The second-order valence-electron chi connectivity index (χ2n) is 2.61. The van der Waals surface area contributed by atoms with E-state index in [0.29, 0.717) is 5.44 Å². The molecule has 1 heterocycles. The number of ether oxygens (including phenoxy) is 1. The maximum Gasteiger partial charge on any atom is 0.102 e. The molecular formula is C7H14OS. The molecule has 54 valence electrons. The summed E-state index contributed by atoms with van der Waals surface area (Å²) in [6.45, 7) is 5.37. The first-order chi connectivity index (χ1) is 4.33. The Hall–Kier alpha value is 0.310. The lowest BCUT2D eigenvalue weighted by molar-refractivity contribution is 0.0793. The Morgan fingerprint density at radius 3 is 2.89 bits per heavy atom. The molecule has 1 nitrogen and oxygen atoms in total. The Morgan fingerprint density at radius 1 is 1.67 bits per heavy atom. The molecular weight excluding hydrogens is 132 g/mol. The lowest BCUT2D eigenvalue weighted by atomic mass is 10.2. The van der Waals surface area contributed by atoms with Crippen LogP contribution in [0.25, 0.3) is 0 Å². The Kier molecular flexibility index (Phi) is 2.86. The van der Waals surface area contributed by atoms with Gasteiger partial charge in [0.1, 0.15) is 5.44 Å². The van der Waals surface area contributed by atoms with Crippen LogP contribution in [0.5, 0.6) is 0 Å². The van der Waals surface area contributed by atoms with Gasteiger partial charge in [0, 0.05) is 5.75 Å². The molecule has 2 atom stereocenters. The molecule has 2 heteroatoms. The minimum Gasteiger partial charge on any atom is -0.367 e. The van der Waals surface area contributed by atoms with Gasteiger partial charge in [-0.15, -0.1) is 11.8 Å². The van der Waals surface area contributed by atoms with Crippen molar-refractivity contribution in [3.05, 3.63) is 0 Å². The van der Waals surface area contributed by atoms with Gasteiger partial charge in [-0.3, -0.25) is 0 Å². The molecule has 0 spiro atoms. The van der Waals surface area contributed by atoms with Crippen LogP contribution < -0.4 is 0 Å². The lowest BCUT2D eigenvalue weighted by Gasteiger charge is -2.25. The molecule has 0 aromatic heterocycles. The molecule has 0 aromatic rings. The first-order valence-electron chi connectivity index (χ1n) is 3.56. The van der Waals surface area contributed by atoms with Crippen molar-refractivity contribution in [1.82, 2.24) is 0 Å². The van der Waals surface area contributed by atoms with Crippen LogP contribution in [0.2, 0.25) is 0 Å². The van der Waals surface area contributed by atoms with Gasteiger partial charge in [-0.25, -0.2) is 0 Å². The van der Waals surface area contributed by atoms with E-state index in [1.54, 1.807) is 0 Å². The van der Waals surface area contributed by atoms with E-state index in [0.717, 1.165) is 18.9 Å². The summed E-state index contributed by atoms with van der Waals surface area (Å²) in [7, 11) is 0. The van der Waals surface area contributed by atoms with E-state index in [1.165, 1.54) is 5.75 Å². The van der Waals surface area contributed by atoms with Gasteiger partial charge >= 0.3 is 0 Å². The first-order valence-corrected chi connectivity index (χ1v) is 4.61. The maximum atomic E-state index is 5.50. The zero-order valence-corrected chi connectivity index (χ0v) is 6.91. The number of hydrogen-bond donors (Lipinski definition) is 0. The van der Waals surface area contributed by atoms with Gasteiger partial charge in [0.2, 0.25) is 0 Å². The van der Waals surface area contributed by atoms with Crippen molar-refractivity contribution in [3.63, 3.8) is 0 Å². The van der Waals surface area contributed by atoms with Crippen molar-refractivity contribution in [2.45, 2.75) is 25.7 Å². The Labute approximate surface area is 61.2 Å². The van der Waals surface area contributed by atoms with E-state index in [-0.39, 0.29) is 0 Å². The van der Waals surface area contributed by atoms with Crippen molar-refractivity contribution in [2.75, 3.05) is 12.4 Å². The number of thioether (sulfide) groups is 1. The predicted molar refractivity (Wildman–Crippen MR) is 41.7 cm³/mol. The molecule has 0 aromatic carbocycles. The van der Waals surface area contributed by atoms with E-state index in [4.69, 9.17) is 4.74 Å². The molecule has 0 saturated carbocycles. The van der Waals surface area contributed by atoms with Crippen LogP contribution in [0.3, 0.4) is 0 Å². The molecule has 1 aliphatic heterocycles. The fourth-order valence-electron chi connectivity index (χ4n) is 0.875. The molecule has 0 unspecified atom stereocenters. The Balaban J connectivity index is 2.18. The molecule has 0 amide bonds. The van der Waals surface area contributed by atoms with E-state index < -0.39 is 0 Å². The number of hydrogen-bond acceptors (Lipinski definition) is 2. The monoisotopic (exact) mass is 146 g/mol. The Bertz CT molecular complexity index is 77.0. The van der Waals surface area contributed by atoms with Crippen LogP contribution in [-0.4, -0.2) is 17.8 Å². The molecule has 1 rings (SSSR count). The largest absolute Gasteiger partial charge is 0.367 e. The van der Waals surface area contributed by atoms with Crippen LogP contribution >= 0.6 is 11.8 Å². The van der Waals surface area contributed by atoms with E-state index in [1.807, 2.05) is 11.8 Å². The smallest absolute Gasteiger partial charge is 0.102 e. The summed E-state index contributed by atoms with van der Waals surface area (Å²) in [4.78, 5) is 0. The minimum atomic E-state index is 0.487. The van der Waals surface area contributed by atoms with Gasteiger partial charge in [-0.05, 0) is 12.3 Å². The molecule has 0 radical (unpaired) electrons. The molecule has 1 saturated heterocycles. The normalized spacial score (nSPS) is 36.7. The lowest BCUT2D eigenvalue weighted by Crippen LogP contribution is -2.22. The van der Waals surface area contributed by atoms with Crippen LogP contribution in [0.1, 0.15) is 20.3 Å². The minimum absolute atomic E-state index is 0.487. The van der Waals surface area contributed by atoms with Crippen LogP contribution in [0.15, 0.2) is 0 Å². The van der Waals surface area contributed by atoms with Gasteiger partial charge in [0.15, 0.2) is 0 Å². The van der Waals surface area contributed by atoms with Crippen molar-refractivity contribution in [3.8, 4) is 0 Å². The molecule has 1 fully saturated rings. The highest BCUT2D eigenvalue weighted by atomic mass is 32.2. The molecule has 0 N–H and O–H groups in total. The molecule has 0 bridgehead atoms. The van der Waals surface area contributed by atoms with Gasteiger partial charge in [0.25, 0.3) is 0 Å². The standard InChI is InChI=1S/C7H14OS/c1-3-7-8-4-6(2)5-9-7/h6-7H,3-5H2,1-2H3/t6-,7-/m0/s1. The van der Waals surface area contributed by atoms with Gasteiger partial charge in [-0.2, -0.15) is 0 Å². The van der Waals surface area contributed by atoms with Crippen molar-refractivity contribution >= 4 is 11.8 Å². The third-order valence-corrected chi connectivity index (χ3v) is 3.07. The van der Waals surface area contributed by atoms with Crippen LogP contribution in [0.4, 0.5) is 0 Å². The second kappa shape index (κ2) is 3.47. The fraction of sp³-hybridized carbons (Fsp3) is 1.00. The third kappa shape index (κ3) is 2.18. The zero-order valence-electron chi connectivity index (χ0n) is 6.09. The summed E-state index contributed by atoms with van der Waals surface area (Å²) in [5, 5.41) is 0. The third-order valence-electron chi connectivity index (χ3n) is 1.47. The highest BCUT2D eigenvalue weighted by Gasteiger charge is 2.16. The SMILES string of the molecule is CC[C@H]1OC[C@H](C)CS1. The summed E-state index contributed by atoms with van der Waals surface area (Å²) < 4.78 is 5.50.